The molecule has 0 saturated heterocycles. The number of fused-ring (bicyclic) bond motifs is 1. The van der Waals surface area contributed by atoms with Gasteiger partial charge in [-0.25, -0.2) is 0 Å². The van der Waals surface area contributed by atoms with Crippen molar-refractivity contribution in [2.45, 2.75) is 13.0 Å². The maximum absolute atomic E-state index is 3.35. The molecular weight excluding hydrogens is 182 g/mol. The summed E-state index contributed by atoms with van der Waals surface area (Å²) in [7, 11) is 4.18. The van der Waals surface area contributed by atoms with Crippen molar-refractivity contribution < 1.29 is 0 Å². The highest BCUT2D eigenvalue weighted by Crippen LogP contribution is 2.23. The van der Waals surface area contributed by atoms with Crippen LogP contribution in [0.2, 0.25) is 0 Å². The quantitative estimate of drug-likeness (QED) is 0.660. The maximum atomic E-state index is 3.35. The number of benzene rings is 1. The van der Waals surface area contributed by atoms with E-state index in [4.69, 9.17) is 0 Å². The highest BCUT2D eigenvalue weighted by atomic mass is 15.1. The molecule has 0 spiro atoms. The number of rotatable bonds is 2. The summed E-state index contributed by atoms with van der Waals surface area (Å²) in [5.41, 5.74) is 7.15. The summed E-state index contributed by atoms with van der Waals surface area (Å²) in [5.74, 6) is 0. The Morgan fingerprint density at radius 1 is 1.13 bits per heavy atom. The molecule has 0 aromatic heterocycles. The van der Waals surface area contributed by atoms with Crippen LogP contribution in [0, 0.1) is 6.42 Å². The first-order valence-electron chi connectivity index (χ1n) is 5.25. The molecule has 1 heteroatoms. The standard InChI is InChI=1S/C14H16N/c1-11(15(2)3)13-9-8-12-6-4-5-7-14(12)10-13/h4-8,10-11H,1-3H3/t11-/m1/s1. The number of nitrogens with zero attached hydrogens (tertiary/aromatic N) is 1. The molecule has 0 aliphatic heterocycles. The Morgan fingerprint density at radius 3 is 2.47 bits per heavy atom. The van der Waals surface area contributed by atoms with E-state index in [9.17, 15) is 0 Å². The zero-order valence-electron chi connectivity index (χ0n) is 9.49. The maximum Gasteiger partial charge on any atom is 0.0354 e. The van der Waals surface area contributed by atoms with Gasteiger partial charge in [0.15, 0.2) is 0 Å². The van der Waals surface area contributed by atoms with Crippen LogP contribution in [-0.2, 0) is 0 Å². The molecular formula is C14H16N. The first-order valence-corrected chi connectivity index (χ1v) is 5.25. The minimum atomic E-state index is 0.412. The van der Waals surface area contributed by atoms with Gasteiger partial charge in [-0.1, -0.05) is 24.3 Å². The van der Waals surface area contributed by atoms with Crippen LogP contribution < -0.4 is 0 Å². The number of likely N-dealkylation sites (N-methyl/N-ethyl adjacent to an activating group) is 1. The molecule has 77 valence electrons. The van der Waals surface area contributed by atoms with Gasteiger partial charge in [-0.3, -0.25) is 0 Å². The molecule has 0 heterocycles. The zero-order valence-corrected chi connectivity index (χ0v) is 9.49. The minimum absolute atomic E-state index is 0.412. The SMILES string of the molecule is C[C@H](C1=C=Cc2ccccc2[CH]1)N(C)C. The van der Waals surface area contributed by atoms with Crippen LogP contribution in [0.25, 0.3) is 6.08 Å². The summed E-state index contributed by atoms with van der Waals surface area (Å²) in [4.78, 5) is 2.20. The molecule has 1 aromatic rings. The molecule has 0 amide bonds. The lowest BCUT2D eigenvalue weighted by Crippen LogP contribution is -2.27. The molecule has 0 unspecified atom stereocenters. The van der Waals surface area contributed by atoms with E-state index in [2.05, 4.69) is 68.4 Å². The predicted molar refractivity (Wildman–Crippen MR) is 64.5 cm³/mol. The van der Waals surface area contributed by atoms with Crippen LogP contribution in [0.4, 0.5) is 0 Å². The van der Waals surface area contributed by atoms with E-state index in [1.807, 2.05) is 0 Å². The Kier molecular flexibility index (Phi) is 2.77. The predicted octanol–water partition coefficient (Wildman–Crippen LogP) is 2.74. The summed E-state index contributed by atoms with van der Waals surface area (Å²) in [6.45, 7) is 2.20. The molecule has 0 N–H and O–H groups in total. The average molecular weight is 198 g/mol. The Hall–Kier alpha value is -1.30. The molecule has 0 bridgehead atoms. The fourth-order valence-corrected chi connectivity index (χ4v) is 1.66. The summed E-state index contributed by atoms with van der Waals surface area (Å²) in [6.07, 6.45) is 4.30. The summed E-state index contributed by atoms with van der Waals surface area (Å²) in [6, 6.07) is 8.82. The van der Waals surface area contributed by atoms with E-state index in [1.54, 1.807) is 0 Å². The molecule has 2 rings (SSSR count). The van der Waals surface area contributed by atoms with E-state index < -0.39 is 0 Å². The van der Waals surface area contributed by atoms with Gasteiger partial charge in [-0.05, 0) is 43.8 Å². The number of hydrogen-bond donors (Lipinski definition) is 0. The van der Waals surface area contributed by atoms with Gasteiger partial charge in [0, 0.05) is 12.5 Å². The lowest BCUT2D eigenvalue weighted by atomic mass is 9.92. The van der Waals surface area contributed by atoms with Crippen molar-refractivity contribution in [2.24, 2.45) is 0 Å². The third-order valence-electron chi connectivity index (χ3n) is 2.93. The average Bonchev–Trinajstić information content (AvgIpc) is 2.27. The lowest BCUT2D eigenvalue weighted by Gasteiger charge is -2.23. The van der Waals surface area contributed by atoms with Gasteiger partial charge >= 0.3 is 0 Å². The molecule has 1 aliphatic carbocycles. The highest BCUT2D eigenvalue weighted by molar-refractivity contribution is 5.62. The highest BCUT2D eigenvalue weighted by Gasteiger charge is 2.15. The second kappa shape index (κ2) is 4.06. The Morgan fingerprint density at radius 2 is 1.80 bits per heavy atom. The lowest BCUT2D eigenvalue weighted by molar-refractivity contribution is 0.353. The van der Waals surface area contributed by atoms with Gasteiger partial charge < -0.3 is 4.90 Å². The van der Waals surface area contributed by atoms with Crippen molar-refractivity contribution >= 4 is 6.08 Å². The van der Waals surface area contributed by atoms with Crippen molar-refractivity contribution in [1.82, 2.24) is 4.90 Å². The second-order valence-corrected chi connectivity index (χ2v) is 4.16. The molecule has 15 heavy (non-hydrogen) atoms. The smallest absolute Gasteiger partial charge is 0.0354 e. The van der Waals surface area contributed by atoms with Gasteiger partial charge in [0.2, 0.25) is 0 Å². The Balaban J connectivity index is 2.32. The molecule has 0 saturated carbocycles. The first kappa shape index (κ1) is 10.2. The van der Waals surface area contributed by atoms with E-state index in [0.717, 1.165) is 0 Å². The molecule has 0 fully saturated rings. The normalized spacial score (nSPS) is 16.1. The third kappa shape index (κ3) is 2.04. The van der Waals surface area contributed by atoms with Crippen molar-refractivity contribution in [2.75, 3.05) is 14.1 Å². The van der Waals surface area contributed by atoms with E-state index >= 15 is 0 Å². The van der Waals surface area contributed by atoms with Gasteiger partial charge in [-0.2, -0.15) is 0 Å². The Labute approximate surface area is 91.7 Å². The van der Waals surface area contributed by atoms with E-state index in [0.29, 0.717) is 6.04 Å². The molecule has 1 aliphatic rings. The first-order chi connectivity index (χ1) is 7.18. The monoisotopic (exact) mass is 198 g/mol. The van der Waals surface area contributed by atoms with Gasteiger partial charge in [0.1, 0.15) is 0 Å². The Bertz CT molecular complexity index is 423. The topological polar surface area (TPSA) is 3.24 Å². The van der Waals surface area contributed by atoms with Crippen molar-refractivity contribution in [3.63, 3.8) is 0 Å². The van der Waals surface area contributed by atoms with Crippen molar-refractivity contribution in [3.8, 4) is 0 Å². The van der Waals surface area contributed by atoms with Gasteiger partial charge in [0.05, 0.1) is 0 Å². The summed E-state index contributed by atoms with van der Waals surface area (Å²) >= 11 is 0. The zero-order chi connectivity index (χ0) is 10.8. The second-order valence-electron chi connectivity index (χ2n) is 4.16. The van der Waals surface area contributed by atoms with Crippen LogP contribution in [0.3, 0.4) is 0 Å². The van der Waals surface area contributed by atoms with Crippen LogP contribution in [0.1, 0.15) is 18.1 Å². The van der Waals surface area contributed by atoms with Crippen molar-refractivity contribution in [3.05, 3.63) is 53.1 Å². The van der Waals surface area contributed by atoms with Crippen LogP contribution in [0.5, 0.6) is 0 Å². The molecule has 1 atom stereocenters. The molecule has 1 aromatic carbocycles. The van der Waals surface area contributed by atoms with Crippen LogP contribution in [-0.4, -0.2) is 25.0 Å². The van der Waals surface area contributed by atoms with Crippen molar-refractivity contribution in [1.29, 1.82) is 0 Å². The van der Waals surface area contributed by atoms with E-state index in [1.165, 1.54) is 16.7 Å². The minimum Gasteiger partial charge on any atom is -0.302 e. The van der Waals surface area contributed by atoms with Gasteiger partial charge in [-0.15, -0.1) is 5.73 Å². The summed E-state index contributed by atoms with van der Waals surface area (Å²) in [5, 5.41) is 0. The molecule has 1 nitrogen and oxygen atoms in total. The summed E-state index contributed by atoms with van der Waals surface area (Å²) < 4.78 is 0. The third-order valence-corrected chi connectivity index (χ3v) is 2.93. The molecule has 1 radical (unpaired) electrons. The number of hydrogen-bond acceptors (Lipinski definition) is 1. The van der Waals surface area contributed by atoms with Crippen LogP contribution in [0.15, 0.2) is 35.6 Å². The van der Waals surface area contributed by atoms with Gasteiger partial charge in [0.25, 0.3) is 0 Å². The van der Waals surface area contributed by atoms with Crippen LogP contribution >= 0.6 is 0 Å². The fourth-order valence-electron chi connectivity index (χ4n) is 1.66. The van der Waals surface area contributed by atoms with E-state index in [-0.39, 0.29) is 0 Å². The fraction of sp³-hybridized carbons (Fsp3) is 0.286. The largest absolute Gasteiger partial charge is 0.302 e.